The van der Waals surface area contributed by atoms with Crippen molar-refractivity contribution in [1.29, 1.82) is 0 Å². The third-order valence-electron chi connectivity index (χ3n) is 3.12. The van der Waals surface area contributed by atoms with E-state index in [4.69, 9.17) is 4.42 Å². The number of benzene rings is 1. The fraction of sp³-hybridized carbons (Fsp3) is 0.118. The van der Waals surface area contributed by atoms with E-state index in [0.29, 0.717) is 16.6 Å². The molecule has 2 aromatic heterocycles. The lowest BCUT2D eigenvalue weighted by Crippen LogP contribution is -2.15. The number of hydrogen-bond donors (Lipinski definition) is 1. The number of carbonyl (C=O) groups is 1. The van der Waals surface area contributed by atoms with E-state index in [2.05, 4.69) is 20.0 Å². The summed E-state index contributed by atoms with van der Waals surface area (Å²) in [5.74, 6) is 0.103. The molecule has 3 rings (SSSR count). The summed E-state index contributed by atoms with van der Waals surface area (Å²) < 4.78 is 34.4. The molecule has 0 saturated carbocycles. The standard InChI is InChI=1S/C17H13F2N3O3S/c18-16(19)25-14-5-2-1-4-11(14)21-15(23)10-26-17-20-8-7-12(22-17)13-6-3-9-24-13/h1-9,16H,10H2,(H,21,23). The van der Waals surface area contributed by atoms with Gasteiger partial charge >= 0.3 is 6.61 Å². The lowest BCUT2D eigenvalue weighted by molar-refractivity contribution is -0.113. The second-order valence-corrected chi connectivity index (χ2v) is 5.86. The zero-order chi connectivity index (χ0) is 18.4. The Hall–Kier alpha value is -2.94. The quantitative estimate of drug-likeness (QED) is 0.494. The van der Waals surface area contributed by atoms with Gasteiger partial charge in [0.25, 0.3) is 0 Å². The summed E-state index contributed by atoms with van der Waals surface area (Å²) in [4.78, 5) is 20.5. The Kier molecular flexibility index (Phi) is 5.80. The van der Waals surface area contributed by atoms with Crippen molar-refractivity contribution in [2.45, 2.75) is 11.8 Å². The number of carbonyl (C=O) groups excluding carboxylic acids is 1. The van der Waals surface area contributed by atoms with Crippen LogP contribution in [0.1, 0.15) is 0 Å². The van der Waals surface area contributed by atoms with Crippen molar-refractivity contribution < 1.29 is 22.7 Å². The average Bonchev–Trinajstić information content (AvgIpc) is 3.16. The molecule has 2 heterocycles. The van der Waals surface area contributed by atoms with E-state index in [1.54, 1.807) is 30.5 Å². The molecular formula is C17H13F2N3O3S. The molecule has 0 atom stereocenters. The van der Waals surface area contributed by atoms with Crippen molar-refractivity contribution in [3.63, 3.8) is 0 Å². The average molecular weight is 377 g/mol. The second kappa shape index (κ2) is 8.43. The molecule has 0 aliphatic heterocycles. The molecule has 3 aromatic rings. The first kappa shape index (κ1) is 17.9. The molecule has 0 unspecified atom stereocenters. The maximum Gasteiger partial charge on any atom is 0.387 e. The summed E-state index contributed by atoms with van der Waals surface area (Å²) in [7, 11) is 0. The number of anilines is 1. The third kappa shape index (κ3) is 4.79. The topological polar surface area (TPSA) is 77.2 Å². The van der Waals surface area contributed by atoms with Gasteiger partial charge in [0, 0.05) is 6.20 Å². The van der Waals surface area contributed by atoms with Crippen LogP contribution in [0, 0.1) is 0 Å². The molecule has 0 fully saturated rings. The van der Waals surface area contributed by atoms with E-state index in [-0.39, 0.29) is 17.2 Å². The van der Waals surface area contributed by atoms with Crippen molar-refractivity contribution in [2.24, 2.45) is 0 Å². The third-order valence-corrected chi connectivity index (χ3v) is 3.98. The van der Waals surface area contributed by atoms with Crippen molar-refractivity contribution in [3.05, 3.63) is 54.9 Å². The maximum absolute atomic E-state index is 12.4. The van der Waals surface area contributed by atoms with E-state index in [1.807, 2.05) is 0 Å². The number of aromatic nitrogens is 2. The fourth-order valence-electron chi connectivity index (χ4n) is 2.06. The minimum absolute atomic E-state index is 0.00458. The molecule has 0 aliphatic rings. The smallest absolute Gasteiger partial charge is 0.387 e. The number of furan rings is 1. The highest BCUT2D eigenvalue weighted by molar-refractivity contribution is 7.99. The van der Waals surface area contributed by atoms with Gasteiger partial charge in [-0.2, -0.15) is 8.78 Å². The predicted octanol–water partition coefficient (Wildman–Crippen LogP) is 4.07. The Bertz CT molecular complexity index is 875. The summed E-state index contributed by atoms with van der Waals surface area (Å²) in [6.45, 7) is -2.97. The van der Waals surface area contributed by atoms with Gasteiger partial charge in [-0.15, -0.1) is 0 Å². The van der Waals surface area contributed by atoms with Gasteiger partial charge in [-0.3, -0.25) is 4.79 Å². The highest BCUT2D eigenvalue weighted by Crippen LogP contribution is 2.26. The second-order valence-electron chi connectivity index (χ2n) is 4.91. The molecule has 0 radical (unpaired) electrons. The van der Waals surface area contributed by atoms with Crippen molar-refractivity contribution in [2.75, 3.05) is 11.1 Å². The van der Waals surface area contributed by atoms with Crippen LogP contribution >= 0.6 is 11.8 Å². The molecule has 0 bridgehead atoms. The number of rotatable bonds is 7. The lowest BCUT2D eigenvalue weighted by Gasteiger charge is -2.11. The highest BCUT2D eigenvalue weighted by atomic mass is 32.2. The number of amides is 1. The fourth-order valence-corrected chi connectivity index (χ4v) is 2.69. The van der Waals surface area contributed by atoms with Gasteiger partial charge in [0.2, 0.25) is 5.91 Å². The summed E-state index contributed by atoms with van der Waals surface area (Å²) in [6.07, 6.45) is 3.10. The molecule has 9 heteroatoms. The molecule has 0 spiro atoms. The Morgan fingerprint density at radius 1 is 1.23 bits per heavy atom. The number of para-hydroxylation sites is 2. The Morgan fingerprint density at radius 3 is 2.85 bits per heavy atom. The molecule has 0 aliphatic carbocycles. The van der Waals surface area contributed by atoms with Crippen LogP contribution in [-0.2, 0) is 4.79 Å². The summed E-state index contributed by atoms with van der Waals surface area (Å²) >= 11 is 1.11. The Morgan fingerprint density at radius 2 is 2.08 bits per heavy atom. The molecule has 1 amide bonds. The summed E-state index contributed by atoms with van der Waals surface area (Å²) in [5.41, 5.74) is 0.771. The van der Waals surface area contributed by atoms with Gasteiger partial charge in [-0.25, -0.2) is 9.97 Å². The van der Waals surface area contributed by atoms with Crippen LogP contribution in [-0.4, -0.2) is 28.2 Å². The van der Waals surface area contributed by atoms with Gasteiger partial charge in [-0.05, 0) is 30.3 Å². The van der Waals surface area contributed by atoms with Gasteiger partial charge < -0.3 is 14.5 Å². The summed E-state index contributed by atoms with van der Waals surface area (Å²) in [6, 6.07) is 11.2. The highest BCUT2D eigenvalue weighted by Gasteiger charge is 2.13. The minimum Gasteiger partial charge on any atom is -0.463 e. The molecule has 26 heavy (non-hydrogen) atoms. The first-order valence-corrected chi connectivity index (χ1v) is 8.44. The molecule has 1 aromatic carbocycles. The maximum atomic E-state index is 12.4. The summed E-state index contributed by atoms with van der Waals surface area (Å²) in [5, 5.41) is 2.93. The number of ether oxygens (including phenoxy) is 1. The SMILES string of the molecule is O=C(CSc1nccc(-c2ccco2)n1)Nc1ccccc1OC(F)F. The number of nitrogens with one attached hydrogen (secondary N) is 1. The van der Waals surface area contributed by atoms with Crippen LogP contribution in [0.25, 0.3) is 11.5 Å². The molecule has 134 valence electrons. The number of alkyl halides is 2. The van der Waals surface area contributed by atoms with Gasteiger partial charge in [0.1, 0.15) is 11.4 Å². The van der Waals surface area contributed by atoms with E-state index in [9.17, 15) is 13.6 Å². The first-order chi connectivity index (χ1) is 12.6. The van der Waals surface area contributed by atoms with Crippen LogP contribution in [0.15, 0.2) is 64.5 Å². The minimum atomic E-state index is -2.97. The molecule has 6 nitrogen and oxygen atoms in total. The zero-order valence-electron chi connectivity index (χ0n) is 13.3. The van der Waals surface area contributed by atoms with Crippen molar-refractivity contribution in [3.8, 4) is 17.2 Å². The monoisotopic (exact) mass is 377 g/mol. The van der Waals surface area contributed by atoms with Crippen molar-refractivity contribution in [1.82, 2.24) is 9.97 Å². The van der Waals surface area contributed by atoms with Crippen LogP contribution < -0.4 is 10.1 Å². The van der Waals surface area contributed by atoms with E-state index >= 15 is 0 Å². The first-order valence-electron chi connectivity index (χ1n) is 7.45. The number of hydrogen-bond acceptors (Lipinski definition) is 6. The number of halogens is 2. The normalized spacial score (nSPS) is 10.7. The van der Waals surface area contributed by atoms with Crippen LogP contribution in [0.2, 0.25) is 0 Å². The van der Waals surface area contributed by atoms with Gasteiger partial charge in [0.05, 0.1) is 17.7 Å². The predicted molar refractivity (Wildman–Crippen MR) is 92.2 cm³/mol. The van der Waals surface area contributed by atoms with Gasteiger partial charge in [-0.1, -0.05) is 23.9 Å². The van der Waals surface area contributed by atoms with Crippen LogP contribution in [0.3, 0.4) is 0 Å². The largest absolute Gasteiger partial charge is 0.463 e. The van der Waals surface area contributed by atoms with Crippen LogP contribution in [0.5, 0.6) is 5.75 Å². The van der Waals surface area contributed by atoms with E-state index in [0.717, 1.165) is 11.8 Å². The van der Waals surface area contributed by atoms with Crippen molar-refractivity contribution >= 4 is 23.4 Å². The van der Waals surface area contributed by atoms with Crippen LogP contribution in [0.4, 0.5) is 14.5 Å². The lowest BCUT2D eigenvalue weighted by atomic mass is 10.3. The molecular weight excluding hydrogens is 364 g/mol. The Labute approximate surface area is 151 Å². The molecule has 0 saturated heterocycles. The number of nitrogens with zero attached hydrogens (tertiary/aromatic N) is 2. The van der Waals surface area contributed by atoms with E-state index < -0.39 is 12.5 Å². The molecule has 1 N–H and O–H groups in total. The number of thioether (sulfide) groups is 1. The van der Waals surface area contributed by atoms with E-state index in [1.165, 1.54) is 24.5 Å². The Balaban J connectivity index is 1.61. The zero-order valence-corrected chi connectivity index (χ0v) is 14.1. The van der Waals surface area contributed by atoms with Gasteiger partial charge in [0.15, 0.2) is 10.9 Å².